The van der Waals surface area contributed by atoms with Crippen LogP contribution in [0.25, 0.3) is 0 Å². The van der Waals surface area contributed by atoms with E-state index >= 15 is 0 Å². The molecule has 0 aromatic rings. The normalized spacial score (nSPS) is 17.8. The van der Waals surface area contributed by atoms with Gasteiger partial charge in [-0.3, -0.25) is 4.99 Å². The van der Waals surface area contributed by atoms with Gasteiger partial charge in [-0.1, -0.05) is 26.7 Å². The summed E-state index contributed by atoms with van der Waals surface area (Å²) in [6.45, 7) is 10.1. The molecule has 4 heteroatoms. The Balaban J connectivity index is 2.47. The lowest BCUT2D eigenvalue weighted by atomic mass is 9.78. The maximum Gasteiger partial charge on any atom is 0.191 e. The monoisotopic (exact) mass is 269 g/mol. The fourth-order valence-electron chi connectivity index (χ4n) is 2.73. The van der Waals surface area contributed by atoms with E-state index in [2.05, 4.69) is 31.4 Å². The fraction of sp³-hybridized carbons (Fsp3) is 0.933. The molecule has 0 aromatic carbocycles. The first-order valence-corrected chi connectivity index (χ1v) is 7.61. The zero-order valence-corrected chi connectivity index (χ0v) is 13.1. The predicted octanol–water partition coefficient (Wildman–Crippen LogP) is 2.40. The van der Waals surface area contributed by atoms with E-state index in [9.17, 15) is 0 Å². The van der Waals surface area contributed by atoms with Crippen LogP contribution in [0.3, 0.4) is 0 Å². The van der Waals surface area contributed by atoms with Crippen molar-refractivity contribution in [2.24, 2.45) is 16.3 Å². The highest BCUT2D eigenvalue weighted by atomic mass is 16.5. The molecule has 4 nitrogen and oxygen atoms in total. The smallest absolute Gasteiger partial charge is 0.191 e. The second-order valence-corrected chi connectivity index (χ2v) is 6.08. The number of rotatable bonds is 7. The molecule has 1 aliphatic carbocycles. The Labute approximate surface area is 118 Å². The van der Waals surface area contributed by atoms with Crippen LogP contribution in [0.2, 0.25) is 0 Å². The average Bonchev–Trinajstić information content (AvgIpc) is 2.91. The molecule has 19 heavy (non-hydrogen) atoms. The molecule has 0 aliphatic heterocycles. The number of hydrogen-bond donors (Lipinski definition) is 2. The summed E-state index contributed by atoms with van der Waals surface area (Å²) in [5.74, 6) is 1.74. The number of methoxy groups -OCH3 is 1. The summed E-state index contributed by atoms with van der Waals surface area (Å²) in [6.07, 6.45) is 5.53. The predicted molar refractivity (Wildman–Crippen MR) is 81.6 cm³/mol. The molecule has 1 saturated carbocycles. The molecular weight excluding hydrogens is 238 g/mol. The van der Waals surface area contributed by atoms with Crippen molar-refractivity contribution in [2.45, 2.75) is 46.5 Å². The number of nitrogens with zero attached hydrogens (tertiary/aromatic N) is 1. The van der Waals surface area contributed by atoms with Gasteiger partial charge in [0.25, 0.3) is 0 Å². The Morgan fingerprint density at radius 3 is 2.53 bits per heavy atom. The molecule has 0 amide bonds. The van der Waals surface area contributed by atoms with E-state index in [1.54, 1.807) is 7.11 Å². The maximum absolute atomic E-state index is 5.05. The van der Waals surface area contributed by atoms with Crippen LogP contribution in [-0.2, 0) is 4.74 Å². The van der Waals surface area contributed by atoms with Crippen molar-refractivity contribution in [1.82, 2.24) is 10.6 Å². The molecule has 112 valence electrons. The Morgan fingerprint density at radius 1 is 1.26 bits per heavy atom. The van der Waals surface area contributed by atoms with Crippen molar-refractivity contribution >= 4 is 5.96 Å². The largest absolute Gasteiger partial charge is 0.383 e. The van der Waals surface area contributed by atoms with Crippen molar-refractivity contribution in [3.05, 3.63) is 0 Å². The van der Waals surface area contributed by atoms with Gasteiger partial charge in [-0.25, -0.2) is 0 Å². The molecule has 0 atom stereocenters. The molecule has 1 fully saturated rings. The molecule has 0 aromatic heterocycles. The van der Waals surface area contributed by atoms with E-state index in [4.69, 9.17) is 9.73 Å². The van der Waals surface area contributed by atoms with E-state index in [1.165, 1.54) is 25.7 Å². The summed E-state index contributed by atoms with van der Waals surface area (Å²) in [7, 11) is 1.72. The molecule has 0 radical (unpaired) electrons. The first-order chi connectivity index (χ1) is 9.10. The molecular formula is C15H31N3O. The van der Waals surface area contributed by atoms with Crippen molar-refractivity contribution in [2.75, 3.05) is 33.4 Å². The number of aliphatic imine (C=N–C) groups is 1. The maximum atomic E-state index is 5.05. The number of guanidine groups is 1. The summed E-state index contributed by atoms with van der Waals surface area (Å²) >= 11 is 0. The van der Waals surface area contributed by atoms with Gasteiger partial charge in [0.15, 0.2) is 5.96 Å². The van der Waals surface area contributed by atoms with Gasteiger partial charge in [-0.2, -0.15) is 0 Å². The lowest BCUT2D eigenvalue weighted by Crippen LogP contribution is -2.40. The van der Waals surface area contributed by atoms with Crippen LogP contribution in [0.15, 0.2) is 4.99 Å². The highest BCUT2D eigenvalue weighted by molar-refractivity contribution is 5.79. The minimum absolute atomic E-state index is 0.306. The van der Waals surface area contributed by atoms with Crippen LogP contribution in [0.4, 0.5) is 0 Å². The third-order valence-electron chi connectivity index (χ3n) is 4.05. The van der Waals surface area contributed by atoms with Gasteiger partial charge >= 0.3 is 0 Å². The van der Waals surface area contributed by atoms with Gasteiger partial charge in [0.1, 0.15) is 0 Å². The quantitative estimate of drug-likeness (QED) is 0.424. The summed E-state index contributed by atoms with van der Waals surface area (Å²) < 4.78 is 5.05. The Kier molecular flexibility index (Phi) is 7.21. The Morgan fingerprint density at radius 2 is 1.95 bits per heavy atom. The minimum Gasteiger partial charge on any atom is -0.383 e. The second-order valence-electron chi connectivity index (χ2n) is 6.08. The molecule has 0 heterocycles. The van der Waals surface area contributed by atoms with Crippen molar-refractivity contribution in [1.29, 1.82) is 0 Å². The van der Waals surface area contributed by atoms with Crippen LogP contribution in [-0.4, -0.2) is 39.3 Å². The summed E-state index contributed by atoms with van der Waals surface area (Å²) in [5.41, 5.74) is 0.306. The van der Waals surface area contributed by atoms with E-state index in [0.29, 0.717) is 12.0 Å². The van der Waals surface area contributed by atoms with E-state index in [1.807, 2.05) is 0 Å². The van der Waals surface area contributed by atoms with Crippen molar-refractivity contribution in [3.8, 4) is 0 Å². The van der Waals surface area contributed by atoms with Crippen molar-refractivity contribution in [3.63, 3.8) is 0 Å². The highest BCUT2D eigenvalue weighted by Gasteiger charge is 2.31. The van der Waals surface area contributed by atoms with Gasteiger partial charge in [0.2, 0.25) is 0 Å². The molecule has 1 rings (SSSR count). The zero-order chi connectivity index (χ0) is 14.1. The van der Waals surface area contributed by atoms with E-state index in [-0.39, 0.29) is 0 Å². The van der Waals surface area contributed by atoms with Gasteiger partial charge in [0, 0.05) is 26.7 Å². The SMILES string of the molecule is CCNC(=NCC(C)(C)C1CCCC1)NCCOC. The van der Waals surface area contributed by atoms with Gasteiger partial charge in [-0.15, -0.1) is 0 Å². The Bertz CT molecular complexity index is 271. The first-order valence-electron chi connectivity index (χ1n) is 7.61. The third kappa shape index (κ3) is 5.81. The number of ether oxygens (including phenoxy) is 1. The molecule has 0 unspecified atom stereocenters. The zero-order valence-electron chi connectivity index (χ0n) is 13.1. The summed E-state index contributed by atoms with van der Waals surface area (Å²) in [5, 5.41) is 6.59. The molecule has 0 spiro atoms. The minimum atomic E-state index is 0.306. The number of hydrogen-bond acceptors (Lipinski definition) is 2. The number of nitrogens with one attached hydrogen (secondary N) is 2. The Hall–Kier alpha value is -0.770. The second kappa shape index (κ2) is 8.41. The van der Waals surface area contributed by atoms with E-state index < -0.39 is 0 Å². The highest BCUT2D eigenvalue weighted by Crippen LogP contribution is 2.39. The lowest BCUT2D eigenvalue weighted by molar-refractivity contribution is 0.203. The molecule has 2 N–H and O–H groups in total. The third-order valence-corrected chi connectivity index (χ3v) is 4.05. The molecule has 0 bridgehead atoms. The summed E-state index contributed by atoms with van der Waals surface area (Å²) in [6, 6.07) is 0. The van der Waals surface area contributed by atoms with Crippen molar-refractivity contribution < 1.29 is 4.74 Å². The van der Waals surface area contributed by atoms with Crippen LogP contribution in [0.5, 0.6) is 0 Å². The van der Waals surface area contributed by atoms with Crippen LogP contribution in [0.1, 0.15) is 46.5 Å². The summed E-state index contributed by atoms with van der Waals surface area (Å²) in [4.78, 5) is 4.74. The lowest BCUT2D eigenvalue weighted by Gasteiger charge is -2.30. The average molecular weight is 269 g/mol. The van der Waals surface area contributed by atoms with Gasteiger partial charge < -0.3 is 15.4 Å². The van der Waals surface area contributed by atoms with E-state index in [0.717, 1.165) is 31.5 Å². The topological polar surface area (TPSA) is 45.7 Å². The van der Waals surface area contributed by atoms with Gasteiger partial charge in [-0.05, 0) is 31.1 Å². The standard InChI is InChI=1S/C15H31N3O/c1-5-16-14(17-10-11-19-4)18-12-15(2,3)13-8-6-7-9-13/h13H,5-12H2,1-4H3,(H2,16,17,18). The fourth-order valence-corrected chi connectivity index (χ4v) is 2.73. The van der Waals surface area contributed by atoms with Crippen LogP contribution >= 0.6 is 0 Å². The van der Waals surface area contributed by atoms with Crippen LogP contribution in [0, 0.1) is 11.3 Å². The molecule has 0 saturated heterocycles. The van der Waals surface area contributed by atoms with Crippen LogP contribution < -0.4 is 10.6 Å². The molecule has 1 aliphatic rings. The van der Waals surface area contributed by atoms with Gasteiger partial charge in [0.05, 0.1) is 6.61 Å². The first kappa shape index (κ1) is 16.3.